The molecular formula is C14H22BrN3. The van der Waals surface area contributed by atoms with E-state index >= 15 is 0 Å². The minimum atomic E-state index is 0.447. The molecule has 1 aliphatic carbocycles. The van der Waals surface area contributed by atoms with Crippen LogP contribution in [0.5, 0.6) is 0 Å². The van der Waals surface area contributed by atoms with Crippen molar-refractivity contribution in [2.45, 2.75) is 52.4 Å². The second-order valence-corrected chi connectivity index (χ2v) is 6.43. The Morgan fingerprint density at radius 2 is 2.06 bits per heavy atom. The molecule has 18 heavy (non-hydrogen) atoms. The number of aryl methyl sites for hydroxylation is 1. The summed E-state index contributed by atoms with van der Waals surface area (Å²) in [4.78, 5) is 8.95. The Morgan fingerprint density at radius 1 is 1.33 bits per heavy atom. The van der Waals surface area contributed by atoms with Gasteiger partial charge in [0, 0.05) is 19.0 Å². The maximum absolute atomic E-state index is 4.56. The van der Waals surface area contributed by atoms with E-state index in [1.807, 2.05) is 6.07 Å². The van der Waals surface area contributed by atoms with E-state index in [0.29, 0.717) is 5.41 Å². The van der Waals surface area contributed by atoms with Crippen LogP contribution in [-0.4, -0.2) is 16.5 Å². The highest BCUT2D eigenvalue weighted by Gasteiger charge is 2.28. The van der Waals surface area contributed by atoms with Crippen LogP contribution in [-0.2, 0) is 6.42 Å². The quantitative estimate of drug-likeness (QED) is 0.829. The number of halogens is 1. The molecule has 0 unspecified atom stereocenters. The normalized spacial score (nSPS) is 17.9. The summed E-state index contributed by atoms with van der Waals surface area (Å²) in [6.45, 7) is 5.54. The first-order valence-electron chi connectivity index (χ1n) is 6.89. The zero-order valence-electron chi connectivity index (χ0n) is 11.3. The Morgan fingerprint density at radius 3 is 2.72 bits per heavy atom. The zero-order chi connectivity index (χ0) is 13.0. The minimum Gasteiger partial charge on any atom is -0.369 e. The van der Waals surface area contributed by atoms with Crippen LogP contribution >= 0.6 is 15.9 Å². The molecule has 0 radical (unpaired) electrons. The predicted octanol–water partition coefficient (Wildman–Crippen LogP) is 4.18. The topological polar surface area (TPSA) is 37.8 Å². The minimum absolute atomic E-state index is 0.447. The average molecular weight is 312 g/mol. The van der Waals surface area contributed by atoms with Gasteiger partial charge in [-0.2, -0.15) is 0 Å². The summed E-state index contributed by atoms with van der Waals surface area (Å²) in [5.41, 5.74) is 0.447. The van der Waals surface area contributed by atoms with Gasteiger partial charge >= 0.3 is 0 Å². The first-order valence-corrected chi connectivity index (χ1v) is 7.68. The number of rotatable bonds is 5. The number of hydrogen-bond donors (Lipinski definition) is 1. The Kier molecular flexibility index (Phi) is 4.60. The molecule has 0 amide bonds. The van der Waals surface area contributed by atoms with Crippen LogP contribution in [0.1, 0.15) is 51.8 Å². The van der Waals surface area contributed by atoms with Gasteiger partial charge in [0.15, 0.2) is 0 Å². The molecule has 1 aliphatic rings. The molecule has 0 aliphatic heterocycles. The lowest BCUT2D eigenvalue weighted by atomic mass is 9.89. The number of hydrogen-bond acceptors (Lipinski definition) is 3. The molecule has 4 heteroatoms. The van der Waals surface area contributed by atoms with Gasteiger partial charge in [-0.25, -0.2) is 9.97 Å². The van der Waals surface area contributed by atoms with Crippen LogP contribution in [0, 0.1) is 5.41 Å². The second-order valence-electron chi connectivity index (χ2n) is 5.61. The van der Waals surface area contributed by atoms with E-state index in [1.54, 1.807) is 0 Å². The molecule has 0 bridgehead atoms. The first-order chi connectivity index (χ1) is 8.61. The van der Waals surface area contributed by atoms with Gasteiger partial charge in [0.2, 0.25) is 0 Å². The third-order valence-electron chi connectivity index (χ3n) is 3.72. The summed E-state index contributed by atoms with van der Waals surface area (Å²) < 4.78 is 0.875. The number of nitrogens with one attached hydrogen (secondary N) is 1. The Labute approximate surface area is 118 Å². The molecule has 1 aromatic heterocycles. The maximum atomic E-state index is 4.56. The number of aromatic nitrogens is 2. The van der Waals surface area contributed by atoms with E-state index in [4.69, 9.17) is 0 Å². The van der Waals surface area contributed by atoms with Crippen LogP contribution in [0.2, 0.25) is 0 Å². The molecular weight excluding hydrogens is 290 g/mol. The largest absolute Gasteiger partial charge is 0.369 e. The van der Waals surface area contributed by atoms with Crippen LogP contribution in [0.3, 0.4) is 0 Å². The SMILES string of the molecule is CCCc1nc(Br)cc(NCC2(C)CCCC2)n1. The molecule has 0 atom stereocenters. The van der Waals surface area contributed by atoms with Crippen LogP contribution in [0.25, 0.3) is 0 Å². The van der Waals surface area contributed by atoms with Gasteiger partial charge in [0.25, 0.3) is 0 Å². The van der Waals surface area contributed by atoms with E-state index < -0.39 is 0 Å². The molecule has 1 fully saturated rings. The molecule has 1 N–H and O–H groups in total. The van der Waals surface area contributed by atoms with Gasteiger partial charge in [-0.05, 0) is 40.6 Å². The van der Waals surface area contributed by atoms with Gasteiger partial charge in [0.1, 0.15) is 16.2 Å². The highest BCUT2D eigenvalue weighted by atomic mass is 79.9. The van der Waals surface area contributed by atoms with E-state index in [0.717, 1.165) is 35.6 Å². The Balaban J connectivity index is 2.00. The molecule has 2 rings (SSSR count). The van der Waals surface area contributed by atoms with Crippen molar-refractivity contribution < 1.29 is 0 Å². The zero-order valence-corrected chi connectivity index (χ0v) is 12.9. The highest BCUT2D eigenvalue weighted by molar-refractivity contribution is 9.10. The molecule has 100 valence electrons. The van der Waals surface area contributed by atoms with Crippen molar-refractivity contribution in [3.8, 4) is 0 Å². The van der Waals surface area contributed by atoms with Crippen LogP contribution < -0.4 is 5.32 Å². The predicted molar refractivity (Wildman–Crippen MR) is 78.8 cm³/mol. The third kappa shape index (κ3) is 3.67. The lowest BCUT2D eigenvalue weighted by Gasteiger charge is -2.24. The van der Waals surface area contributed by atoms with Crippen molar-refractivity contribution in [1.82, 2.24) is 9.97 Å². The van der Waals surface area contributed by atoms with E-state index in [9.17, 15) is 0 Å². The summed E-state index contributed by atoms with van der Waals surface area (Å²) in [7, 11) is 0. The van der Waals surface area contributed by atoms with Gasteiger partial charge in [-0.3, -0.25) is 0 Å². The fourth-order valence-corrected chi connectivity index (χ4v) is 3.02. The van der Waals surface area contributed by atoms with Crippen LogP contribution in [0.15, 0.2) is 10.7 Å². The Bertz CT molecular complexity index is 400. The Hall–Kier alpha value is -0.640. The summed E-state index contributed by atoms with van der Waals surface area (Å²) in [6, 6.07) is 1.97. The lowest BCUT2D eigenvalue weighted by molar-refractivity contribution is 0.361. The first kappa shape index (κ1) is 13.8. The maximum Gasteiger partial charge on any atom is 0.132 e. The molecule has 1 saturated carbocycles. The summed E-state index contributed by atoms with van der Waals surface area (Å²) in [5, 5.41) is 3.49. The number of anilines is 1. The fourth-order valence-electron chi connectivity index (χ4n) is 2.60. The monoisotopic (exact) mass is 311 g/mol. The standard InChI is InChI=1S/C14H22BrN3/c1-3-6-12-17-11(15)9-13(18-12)16-10-14(2)7-4-5-8-14/h9H,3-8,10H2,1-2H3,(H,16,17,18). The van der Waals surface area contributed by atoms with Crippen molar-refractivity contribution in [3.05, 3.63) is 16.5 Å². The van der Waals surface area contributed by atoms with Crippen molar-refractivity contribution in [3.63, 3.8) is 0 Å². The van der Waals surface area contributed by atoms with Gasteiger partial charge in [-0.15, -0.1) is 0 Å². The molecule has 0 aromatic carbocycles. The van der Waals surface area contributed by atoms with Gasteiger partial charge in [-0.1, -0.05) is 26.7 Å². The summed E-state index contributed by atoms with van der Waals surface area (Å²) in [5.74, 6) is 1.87. The van der Waals surface area contributed by atoms with E-state index in [1.165, 1.54) is 25.7 Å². The molecule has 1 aromatic rings. The summed E-state index contributed by atoms with van der Waals surface area (Å²) >= 11 is 3.46. The average Bonchev–Trinajstić information content (AvgIpc) is 2.74. The molecule has 3 nitrogen and oxygen atoms in total. The van der Waals surface area contributed by atoms with Crippen molar-refractivity contribution in [2.75, 3.05) is 11.9 Å². The summed E-state index contributed by atoms with van der Waals surface area (Å²) in [6.07, 6.45) is 7.40. The molecule has 0 spiro atoms. The van der Waals surface area contributed by atoms with Crippen molar-refractivity contribution in [1.29, 1.82) is 0 Å². The third-order valence-corrected chi connectivity index (χ3v) is 4.13. The van der Waals surface area contributed by atoms with E-state index in [2.05, 4.69) is 45.1 Å². The van der Waals surface area contributed by atoms with Gasteiger partial charge in [0.05, 0.1) is 0 Å². The fraction of sp³-hybridized carbons (Fsp3) is 0.714. The lowest BCUT2D eigenvalue weighted by Crippen LogP contribution is -2.23. The molecule has 0 saturated heterocycles. The smallest absolute Gasteiger partial charge is 0.132 e. The highest BCUT2D eigenvalue weighted by Crippen LogP contribution is 2.37. The molecule has 1 heterocycles. The van der Waals surface area contributed by atoms with Crippen molar-refractivity contribution >= 4 is 21.7 Å². The number of nitrogens with zero attached hydrogens (tertiary/aromatic N) is 2. The second kappa shape index (κ2) is 6.00. The van der Waals surface area contributed by atoms with E-state index in [-0.39, 0.29) is 0 Å². The van der Waals surface area contributed by atoms with Crippen molar-refractivity contribution in [2.24, 2.45) is 5.41 Å². The van der Waals surface area contributed by atoms with Gasteiger partial charge < -0.3 is 5.32 Å². The van der Waals surface area contributed by atoms with Crippen LogP contribution in [0.4, 0.5) is 5.82 Å².